The van der Waals surface area contributed by atoms with Crippen molar-refractivity contribution in [1.29, 1.82) is 0 Å². The van der Waals surface area contributed by atoms with E-state index < -0.39 is 18.0 Å². The van der Waals surface area contributed by atoms with Crippen molar-refractivity contribution in [3.05, 3.63) is 46.9 Å². The molecule has 0 saturated carbocycles. The SMILES string of the molecule is CC(=O)NC[C@H]1CN(c2ccc(-n3ccn(C)c3=O)c(F)c2)C(=O)O1. The van der Waals surface area contributed by atoms with Crippen molar-refractivity contribution < 1.29 is 18.7 Å². The lowest BCUT2D eigenvalue weighted by atomic mass is 10.2. The Balaban J connectivity index is 1.81. The maximum absolute atomic E-state index is 14.5. The van der Waals surface area contributed by atoms with E-state index in [1.807, 2.05) is 0 Å². The fourth-order valence-electron chi connectivity index (χ4n) is 2.60. The largest absolute Gasteiger partial charge is 0.442 e. The average Bonchev–Trinajstić information content (AvgIpc) is 3.09. The number of carbonyl (C=O) groups is 2. The number of aryl methyl sites for hydroxylation is 1. The van der Waals surface area contributed by atoms with Gasteiger partial charge in [0.15, 0.2) is 0 Å². The smallest absolute Gasteiger partial charge is 0.414 e. The number of halogens is 1. The van der Waals surface area contributed by atoms with Crippen molar-refractivity contribution in [3.63, 3.8) is 0 Å². The van der Waals surface area contributed by atoms with Crippen LogP contribution in [0.4, 0.5) is 14.9 Å². The lowest BCUT2D eigenvalue weighted by Crippen LogP contribution is -2.33. The summed E-state index contributed by atoms with van der Waals surface area (Å²) in [6.07, 6.45) is 1.88. The second-order valence-corrected chi connectivity index (χ2v) is 5.75. The molecule has 25 heavy (non-hydrogen) atoms. The molecule has 1 aliphatic heterocycles. The van der Waals surface area contributed by atoms with E-state index in [1.165, 1.54) is 45.5 Å². The lowest BCUT2D eigenvalue weighted by Gasteiger charge is -2.14. The zero-order valence-electron chi connectivity index (χ0n) is 13.7. The normalized spacial score (nSPS) is 16.8. The number of nitrogens with zero attached hydrogens (tertiary/aromatic N) is 3. The van der Waals surface area contributed by atoms with Crippen molar-refractivity contribution in [2.45, 2.75) is 13.0 Å². The van der Waals surface area contributed by atoms with Crippen LogP contribution in [0.25, 0.3) is 5.69 Å². The van der Waals surface area contributed by atoms with Crippen molar-refractivity contribution in [2.75, 3.05) is 18.0 Å². The van der Waals surface area contributed by atoms with E-state index in [9.17, 15) is 18.8 Å². The first-order chi connectivity index (χ1) is 11.9. The third kappa shape index (κ3) is 3.25. The molecular formula is C16H17FN4O4. The predicted octanol–water partition coefficient (Wildman–Crippen LogP) is 0.776. The van der Waals surface area contributed by atoms with Crippen LogP contribution in [0.3, 0.4) is 0 Å². The van der Waals surface area contributed by atoms with Crippen molar-refractivity contribution in [3.8, 4) is 5.69 Å². The molecule has 1 aromatic carbocycles. The molecule has 1 atom stereocenters. The summed E-state index contributed by atoms with van der Waals surface area (Å²) in [5.41, 5.74) is 0.0415. The van der Waals surface area contributed by atoms with E-state index in [1.54, 1.807) is 13.1 Å². The first-order valence-electron chi connectivity index (χ1n) is 7.63. The van der Waals surface area contributed by atoms with E-state index in [0.29, 0.717) is 5.69 Å². The van der Waals surface area contributed by atoms with Crippen LogP contribution in [-0.2, 0) is 16.6 Å². The highest BCUT2D eigenvalue weighted by molar-refractivity contribution is 5.90. The summed E-state index contributed by atoms with van der Waals surface area (Å²) in [6.45, 7) is 1.76. The highest BCUT2D eigenvalue weighted by Gasteiger charge is 2.32. The van der Waals surface area contributed by atoms with Gasteiger partial charge in [-0.2, -0.15) is 0 Å². The van der Waals surface area contributed by atoms with E-state index >= 15 is 0 Å². The monoisotopic (exact) mass is 348 g/mol. The molecule has 3 rings (SSSR count). The number of nitrogens with one attached hydrogen (secondary N) is 1. The summed E-state index contributed by atoms with van der Waals surface area (Å²) in [6, 6.07) is 4.15. The van der Waals surface area contributed by atoms with E-state index in [4.69, 9.17) is 4.74 Å². The molecule has 1 fully saturated rings. The Kier molecular flexibility index (Phi) is 4.30. The molecule has 8 nitrogen and oxygen atoms in total. The van der Waals surface area contributed by atoms with Gasteiger partial charge in [-0.25, -0.2) is 14.0 Å². The minimum atomic E-state index is -0.635. The van der Waals surface area contributed by atoms with Gasteiger partial charge in [0.2, 0.25) is 5.91 Å². The molecule has 0 radical (unpaired) electrons. The van der Waals surface area contributed by atoms with Crippen LogP contribution >= 0.6 is 0 Å². The Labute approximate surface area is 142 Å². The highest BCUT2D eigenvalue weighted by atomic mass is 19.1. The number of hydrogen-bond acceptors (Lipinski definition) is 4. The zero-order chi connectivity index (χ0) is 18.1. The second kappa shape index (κ2) is 6.42. The van der Waals surface area contributed by atoms with Gasteiger partial charge in [-0.1, -0.05) is 0 Å². The quantitative estimate of drug-likeness (QED) is 0.885. The maximum atomic E-state index is 14.5. The standard InChI is InChI=1S/C16H17FN4O4/c1-10(22)18-8-12-9-21(16(24)25-12)11-3-4-14(13(17)7-11)20-6-5-19(2)15(20)23/h3-7,12H,8-9H2,1-2H3,(H,18,22)/t12-/m0/s1. The Morgan fingerprint density at radius 3 is 2.72 bits per heavy atom. The Morgan fingerprint density at radius 2 is 2.12 bits per heavy atom. The van der Waals surface area contributed by atoms with Gasteiger partial charge in [-0.3, -0.25) is 14.3 Å². The van der Waals surface area contributed by atoms with Crippen LogP contribution in [0.2, 0.25) is 0 Å². The van der Waals surface area contributed by atoms with Crippen LogP contribution in [0.15, 0.2) is 35.4 Å². The molecule has 132 valence electrons. The zero-order valence-corrected chi connectivity index (χ0v) is 13.7. The van der Waals surface area contributed by atoms with E-state index in [0.717, 1.165) is 0 Å². The Hall–Kier alpha value is -3.10. The number of hydrogen-bond donors (Lipinski definition) is 1. The first kappa shape index (κ1) is 16.7. The van der Waals surface area contributed by atoms with Gasteiger partial charge in [0, 0.05) is 26.4 Å². The molecule has 0 spiro atoms. The van der Waals surface area contributed by atoms with Crippen LogP contribution in [0, 0.1) is 5.82 Å². The van der Waals surface area contributed by atoms with Gasteiger partial charge in [0.25, 0.3) is 0 Å². The van der Waals surface area contributed by atoms with Gasteiger partial charge < -0.3 is 14.6 Å². The predicted molar refractivity (Wildman–Crippen MR) is 87.3 cm³/mol. The minimum absolute atomic E-state index is 0.0942. The molecular weight excluding hydrogens is 331 g/mol. The third-order valence-electron chi connectivity index (χ3n) is 3.90. The van der Waals surface area contributed by atoms with Gasteiger partial charge in [-0.15, -0.1) is 0 Å². The number of cyclic esters (lactones) is 1. The minimum Gasteiger partial charge on any atom is -0.442 e. The molecule has 1 saturated heterocycles. The average molecular weight is 348 g/mol. The van der Waals surface area contributed by atoms with Crippen molar-refractivity contribution >= 4 is 17.7 Å². The summed E-state index contributed by atoms with van der Waals surface area (Å²) in [5, 5.41) is 2.57. The molecule has 1 aromatic heterocycles. The molecule has 0 bridgehead atoms. The van der Waals surface area contributed by atoms with E-state index in [2.05, 4.69) is 5.32 Å². The maximum Gasteiger partial charge on any atom is 0.414 e. The molecule has 2 aromatic rings. The van der Waals surface area contributed by atoms with E-state index in [-0.39, 0.29) is 30.4 Å². The van der Waals surface area contributed by atoms with Crippen LogP contribution < -0.4 is 15.9 Å². The third-order valence-corrected chi connectivity index (χ3v) is 3.90. The van der Waals surface area contributed by atoms with Crippen molar-refractivity contribution in [1.82, 2.24) is 14.5 Å². The van der Waals surface area contributed by atoms with Crippen molar-refractivity contribution in [2.24, 2.45) is 7.05 Å². The summed E-state index contributed by atoms with van der Waals surface area (Å²) in [7, 11) is 1.57. The van der Waals surface area contributed by atoms with Gasteiger partial charge >= 0.3 is 11.8 Å². The number of ether oxygens (including phenoxy) is 1. The summed E-state index contributed by atoms with van der Waals surface area (Å²) in [4.78, 5) is 36.1. The lowest BCUT2D eigenvalue weighted by molar-refractivity contribution is -0.119. The van der Waals surface area contributed by atoms with Crippen LogP contribution in [0.5, 0.6) is 0 Å². The number of benzene rings is 1. The van der Waals surface area contributed by atoms with Crippen LogP contribution in [-0.4, -0.2) is 40.3 Å². The molecule has 0 unspecified atom stereocenters. The topological polar surface area (TPSA) is 85.6 Å². The Bertz CT molecular complexity index is 889. The highest BCUT2D eigenvalue weighted by Crippen LogP contribution is 2.25. The number of rotatable bonds is 4. The molecule has 1 N–H and O–H groups in total. The number of amides is 2. The number of imidazole rings is 1. The van der Waals surface area contributed by atoms with Gasteiger partial charge in [0.1, 0.15) is 11.9 Å². The van der Waals surface area contributed by atoms with Gasteiger partial charge in [-0.05, 0) is 18.2 Å². The van der Waals surface area contributed by atoms with Gasteiger partial charge in [0.05, 0.1) is 24.5 Å². The molecule has 9 heteroatoms. The van der Waals surface area contributed by atoms with Crippen LogP contribution in [0.1, 0.15) is 6.92 Å². The molecule has 2 heterocycles. The second-order valence-electron chi connectivity index (χ2n) is 5.75. The molecule has 1 aliphatic rings. The number of aromatic nitrogens is 2. The number of anilines is 1. The fraction of sp³-hybridized carbons (Fsp3) is 0.312. The summed E-state index contributed by atoms with van der Waals surface area (Å²) in [5.74, 6) is -0.859. The first-order valence-corrected chi connectivity index (χ1v) is 7.63. The number of carbonyl (C=O) groups excluding carboxylic acids is 2. The summed E-state index contributed by atoms with van der Waals surface area (Å²) >= 11 is 0. The Morgan fingerprint density at radius 1 is 1.36 bits per heavy atom. The summed E-state index contributed by atoms with van der Waals surface area (Å²) < 4.78 is 22.1. The fourth-order valence-corrected chi connectivity index (χ4v) is 2.60. The molecule has 2 amide bonds. The molecule has 0 aliphatic carbocycles.